The van der Waals surface area contributed by atoms with Crippen molar-refractivity contribution < 1.29 is 24.1 Å². The molecule has 6 heteroatoms. The fourth-order valence-electron chi connectivity index (χ4n) is 1.73. The monoisotopic (exact) mass is 366 g/mol. The van der Waals surface area contributed by atoms with Crippen molar-refractivity contribution >= 4 is 21.9 Å². The van der Waals surface area contributed by atoms with Gasteiger partial charge in [0.2, 0.25) is 0 Å². The van der Waals surface area contributed by atoms with Crippen LogP contribution in [0.3, 0.4) is 0 Å². The van der Waals surface area contributed by atoms with Crippen LogP contribution < -0.4 is 14.2 Å². The molecule has 2 aromatic rings. The van der Waals surface area contributed by atoms with Crippen LogP contribution in [-0.2, 0) is 0 Å². The van der Waals surface area contributed by atoms with Gasteiger partial charge < -0.3 is 19.3 Å². The molecule has 0 bridgehead atoms. The fourth-order valence-corrected chi connectivity index (χ4v) is 2.23. The average molecular weight is 367 g/mol. The molecule has 0 spiro atoms. The van der Waals surface area contributed by atoms with Crippen LogP contribution >= 0.6 is 15.9 Å². The highest BCUT2D eigenvalue weighted by atomic mass is 79.9. The smallest absolute Gasteiger partial charge is 0.335 e. The Bertz CT molecular complexity index is 639. The molecule has 0 heterocycles. The van der Waals surface area contributed by atoms with Gasteiger partial charge in [0.25, 0.3) is 0 Å². The molecular weight excluding hydrogens is 352 g/mol. The molecule has 0 radical (unpaired) electrons. The highest BCUT2D eigenvalue weighted by Crippen LogP contribution is 2.26. The summed E-state index contributed by atoms with van der Waals surface area (Å²) in [5, 5.41) is 8.89. The molecule has 5 nitrogen and oxygen atoms in total. The summed E-state index contributed by atoms with van der Waals surface area (Å²) in [6.45, 7) is 0.719. The van der Waals surface area contributed by atoms with Gasteiger partial charge in [-0.3, -0.25) is 0 Å². The first kappa shape index (κ1) is 16.2. The number of carboxylic acids is 1. The third kappa shape index (κ3) is 4.39. The van der Waals surface area contributed by atoms with Crippen LogP contribution in [0, 0.1) is 0 Å². The molecule has 2 aromatic carbocycles. The van der Waals surface area contributed by atoms with E-state index >= 15 is 0 Å². The molecule has 116 valence electrons. The third-order valence-electron chi connectivity index (χ3n) is 2.85. The first-order valence-electron chi connectivity index (χ1n) is 6.52. The highest BCUT2D eigenvalue weighted by molar-refractivity contribution is 9.10. The van der Waals surface area contributed by atoms with Crippen LogP contribution in [0.25, 0.3) is 0 Å². The third-order valence-corrected chi connectivity index (χ3v) is 3.47. The predicted octanol–water partition coefficient (Wildman–Crippen LogP) is 3.61. The first-order valence-corrected chi connectivity index (χ1v) is 7.32. The fraction of sp³-hybridized carbons (Fsp3) is 0.188. The summed E-state index contributed by atoms with van der Waals surface area (Å²) in [5.74, 6) is 1.09. The van der Waals surface area contributed by atoms with Crippen molar-refractivity contribution in [3.63, 3.8) is 0 Å². The average Bonchev–Trinajstić information content (AvgIpc) is 2.53. The number of benzene rings is 2. The zero-order chi connectivity index (χ0) is 15.9. The lowest BCUT2D eigenvalue weighted by Gasteiger charge is -2.10. The van der Waals surface area contributed by atoms with Gasteiger partial charge in [0.15, 0.2) is 0 Å². The molecule has 22 heavy (non-hydrogen) atoms. The largest absolute Gasteiger partial charge is 0.497 e. The summed E-state index contributed by atoms with van der Waals surface area (Å²) in [6, 6.07) is 11.9. The molecule has 0 amide bonds. The first-order chi connectivity index (χ1) is 10.6. The number of hydrogen-bond donors (Lipinski definition) is 1. The predicted molar refractivity (Wildman–Crippen MR) is 85.1 cm³/mol. The Morgan fingerprint density at radius 2 is 1.68 bits per heavy atom. The Kier molecular flexibility index (Phi) is 5.66. The molecule has 0 saturated heterocycles. The van der Waals surface area contributed by atoms with Crippen molar-refractivity contribution in [3.05, 3.63) is 52.5 Å². The van der Waals surface area contributed by atoms with Gasteiger partial charge in [0, 0.05) is 0 Å². The zero-order valence-corrected chi connectivity index (χ0v) is 13.5. The topological polar surface area (TPSA) is 65.0 Å². The quantitative estimate of drug-likeness (QED) is 0.758. The van der Waals surface area contributed by atoms with E-state index in [0.717, 1.165) is 11.5 Å². The molecule has 0 unspecified atom stereocenters. The number of methoxy groups -OCH3 is 1. The van der Waals surface area contributed by atoms with Crippen molar-refractivity contribution in [2.75, 3.05) is 20.3 Å². The summed E-state index contributed by atoms with van der Waals surface area (Å²) >= 11 is 3.29. The van der Waals surface area contributed by atoms with Crippen LogP contribution in [0.5, 0.6) is 17.2 Å². The number of aromatic carboxylic acids is 1. The van der Waals surface area contributed by atoms with Crippen LogP contribution in [0.15, 0.2) is 46.9 Å². The molecule has 0 aliphatic rings. The van der Waals surface area contributed by atoms with Gasteiger partial charge in [0.1, 0.15) is 30.5 Å². The lowest BCUT2D eigenvalue weighted by atomic mass is 10.2. The van der Waals surface area contributed by atoms with Gasteiger partial charge in [-0.15, -0.1) is 0 Å². The van der Waals surface area contributed by atoms with E-state index in [4.69, 9.17) is 19.3 Å². The van der Waals surface area contributed by atoms with Gasteiger partial charge in [0.05, 0.1) is 17.1 Å². The van der Waals surface area contributed by atoms with Gasteiger partial charge in [-0.1, -0.05) is 0 Å². The molecule has 0 aromatic heterocycles. The Labute approximate surface area is 136 Å². The lowest BCUT2D eigenvalue weighted by molar-refractivity contribution is 0.0696. The van der Waals surface area contributed by atoms with Crippen molar-refractivity contribution in [2.45, 2.75) is 0 Å². The van der Waals surface area contributed by atoms with E-state index in [-0.39, 0.29) is 5.56 Å². The zero-order valence-electron chi connectivity index (χ0n) is 11.9. The van der Waals surface area contributed by atoms with E-state index in [9.17, 15) is 4.79 Å². The number of carbonyl (C=O) groups is 1. The van der Waals surface area contributed by atoms with Crippen LogP contribution in [-0.4, -0.2) is 31.4 Å². The van der Waals surface area contributed by atoms with Crippen LogP contribution in [0.2, 0.25) is 0 Å². The molecule has 0 saturated carbocycles. The van der Waals surface area contributed by atoms with Crippen molar-refractivity contribution in [2.24, 2.45) is 0 Å². The minimum Gasteiger partial charge on any atom is -0.497 e. The molecular formula is C16H15BrO5. The molecule has 0 fully saturated rings. The summed E-state index contributed by atoms with van der Waals surface area (Å²) in [5.41, 5.74) is 0.203. The second-order valence-electron chi connectivity index (χ2n) is 4.32. The Balaban J connectivity index is 1.82. The maximum atomic E-state index is 10.8. The molecule has 1 N–H and O–H groups in total. The second kappa shape index (κ2) is 7.70. The van der Waals surface area contributed by atoms with Gasteiger partial charge in [-0.2, -0.15) is 0 Å². The van der Waals surface area contributed by atoms with Crippen molar-refractivity contribution in [3.8, 4) is 17.2 Å². The van der Waals surface area contributed by atoms with Gasteiger partial charge >= 0.3 is 5.97 Å². The van der Waals surface area contributed by atoms with E-state index in [1.807, 2.05) is 24.3 Å². The van der Waals surface area contributed by atoms with Crippen LogP contribution in [0.4, 0.5) is 0 Å². The minimum atomic E-state index is -0.977. The second-order valence-corrected chi connectivity index (χ2v) is 5.18. The van der Waals surface area contributed by atoms with E-state index in [1.54, 1.807) is 13.2 Å². The van der Waals surface area contributed by atoms with E-state index < -0.39 is 5.97 Å². The van der Waals surface area contributed by atoms with Gasteiger partial charge in [-0.25, -0.2) is 4.79 Å². The van der Waals surface area contributed by atoms with E-state index in [0.29, 0.717) is 23.4 Å². The van der Waals surface area contributed by atoms with Gasteiger partial charge in [-0.05, 0) is 58.4 Å². The number of ether oxygens (including phenoxy) is 3. The minimum absolute atomic E-state index is 0.203. The maximum Gasteiger partial charge on any atom is 0.335 e. The standard InChI is InChI=1S/C16H15BrO5/c1-20-12-3-5-13(6-4-12)21-8-9-22-15-7-2-11(16(18)19)10-14(15)17/h2-7,10H,8-9H2,1H3,(H,18,19). The maximum absolute atomic E-state index is 10.8. The summed E-state index contributed by atoms with van der Waals surface area (Å²) in [4.78, 5) is 10.8. The van der Waals surface area contributed by atoms with E-state index in [2.05, 4.69) is 15.9 Å². The number of halogens is 1. The van der Waals surface area contributed by atoms with Crippen LogP contribution in [0.1, 0.15) is 10.4 Å². The Hall–Kier alpha value is -2.21. The number of hydrogen-bond acceptors (Lipinski definition) is 4. The summed E-state index contributed by atoms with van der Waals surface area (Å²) in [7, 11) is 1.61. The number of carboxylic acid groups (broad SMARTS) is 1. The lowest BCUT2D eigenvalue weighted by Crippen LogP contribution is -2.09. The number of rotatable bonds is 7. The highest BCUT2D eigenvalue weighted by Gasteiger charge is 2.07. The van der Waals surface area contributed by atoms with E-state index in [1.165, 1.54) is 12.1 Å². The summed E-state index contributed by atoms with van der Waals surface area (Å²) in [6.07, 6.45) is 0. The van der Waals surface area contributed by atoms with Crippen molar-refractivity contribution in [1.82, 2.24) is 0 Å². The molecule has 0 aliphatic heterocycles. The Morgan fingerprint density at radius 1 is 1.05 bits per heavy atom. The molecule has 2 rings (SSSR count). The summed E-state index contributed by atoms with van der Waals surface area (Å²) < 4.78 is 16.7. The van der Waals surface area contributed by atoms with Crippen molar-refractivity contribution in [1.29, 1.82) is 0 Å². The SMILES string of the molecule is COc1ccc(OCCOc2ccc(C(=O)O)cc2Br)cc1. The molecule has 0 atom stereocenters. The normalized spacial score (nSPS) is 10.1. The Morgan fingerprint density at radius 3 is 2.27 bits per heavy atom. The molecule has 0 aliphatic carbocycles.